The molecule has 1 atom stereocenters. The lowest BCUT2D eigenvalue weighted by atomic mass is 9.77. The van der Waals surface area contributed by atoms with Gasteiger partial charge in [-0.15, -0.1) is 0 Å². The van der Waals surface area contributed by atoms with Gasteiger partial charge in [-0.3, -0.25) is 4.79 Å². The van der Waals surface area contributed by atoms with Crippen molar-refractivity contribution in [3.8, 4) is 11.5 Å². The Kier molecular flexibility index (Phi) is 7.99. The number of hydrogen-bond acceptors (Lipinski definition) is 4. The van der Waals surface area contributed by atoms with E-state index >= 15 is 0 Å². The topological polar surface area (TPSA) is 77.8 Å². The molecule has 3 N–H and O–H groups in total. The van der Waals surface area contributed by atoms with E-state index < -0.39 is 6.10 Å². The van der Waals surface area contributed by atoms with Gasteiger partial charge in [0.1, 0.15) is 17.6 Å². The van der Waals surface area contributed by atoms with E-state index in [9.17, 15) is 20.1 Å². The predicted octanol–water partition coefficient (Wildman–Crippen LogP) is 6.46. The molecule has 0 aliphatic carbocycles. The van der Waals surface area contributed by atoms with Crippen molar-refractivity contribution in [1.82, 2.24) is 0 Å². The van der Waals surface area contributed by atoms with Crippen molar-refractivity contribution in [2.45, 2.75) is 111 Å². The number of phenols is 2. The maximum atomic E-state index is 12.0. The number of carbonyl (C=O) groups is 1. The van der Waals surface area contributed by atoms with Gasteiger partial charge in [-0.05, 0) is 63.0 Å². The Morgan fingerprint density at radius 1 is 0.765 bits per heavy atom. The van der Waals surface area contributed by atoms with E-state index in [1.54, 1.807) is 0 Å². The molecule has 2 rings (SSSR count). The molecular formula is C30H44O4. The zero-order valence-electron chi connectivity index (χ0n) is 22.8. The third-order valence-corrected chi connectivity index (χ3v) is 6.43. The number of rotatable bonds is 6. The Morgan fingerprint density at radius 2 is 1.24 bits per heavy atom. The van der Waals surface area contributed by atoms with E-state index in [0.29, 0.717) is 12.8 Å². The minimum Gasteiger partial charge on any atom is -0.507 e. The van der Waals surface area contributed by atoms with Gasteiger partial charge in [0.05, 0.1) is 0 Å². The van der Waals surface area contributed by atoms with Gasteiger partial charge >= 0.3 is 0 Å². The van der Waals surface area contributed by atoms with Crippen molar-refractivity contribution >= 4 is 5.78 Å². The minimum atomic E-state index is -0.980. The number of carbonyl (C=O) groups excluding carboxylic acids is 1. The lowest BCUT2D eigenvalue weighted by Crippen LogP contribution is -2.18. The smallest absolute Gasteiger partial charge is 0.161 e. The van der Waals surface area contributed by atoms with Gasteiger partial charge in [0, 0.05) is 12.8 Å². The fourth-order valence-corrected chi connectivity index (χ4v) is 4.13. The Labute approximate surface area is 206 Å². The number of Topliss-reactive ketones (excluding diaryl/α,β-unsaturated/α-hetero) is 1. The zero-order chi connectivity index (χ0) is 26.2. The fraction of sp³-hybridized carbons (Fsp3) is 0.567. The van der Waals surface area contributed by atoms with Gasteiger partial charge in [-0.1, -0.05) is 86.6 Å². The molecule has 0 fully saturated rings. The second-order valence-electron chi connectivity index (χ2n) is 12.8. The summed E-state index contributed by atoms with van der Waals surface area (Å²) in [6.07, 6.45) is 0.129. The van der Waals surface area contributed by atoms with Crippen molar-refractivity contribution < 1.29 is 20.1 Å². The predicted molar refractivity (Wildman–Crippen MR) is 140 cm³/mol. The molecule has 0 saturated heterocycles. The van der Waals surface area contributed by atoms with Crippen LogP contribution in [0.5, 0.6) is 11.5 Å². The molecule has 0 radical (unpaired) electrons. The number of aliphatic hydroxyl groups excluding tert-OH is 1. The molecule has 0 aliphatic heterocycles. The van der Waals surface area contributed by atoms with Crippen LogP contribution in [0.3, 0.4) is 0 Å². The molecule has 188 valence electrons. The first-order valence-corrected chi connectivity index (χ1v) is 12.2. The normalized spacial score (nSPS) is 13.7. The van der Waals surface area contributed by atoms with E-state index in [0.717, 1.165) is 33.4 Å². The van der Waals surface area contributed by atoms with Crippen LogP contribution in [0.1, 0.15) is 109 Å². The highest BCUT2D eigenvalue weighted by atomic mass is 16.3. The van der Waals surface area contributed by atoms with Crippen molar-refractivity contribution in [3.05, 3.63) is 57.6 Å². The Morgan fingerprint density at radius 3 is 1.68 bits per heavy atom. The molecule has 4 nitrogen and oxygen atoms in total. The van der Waals surface area contributed by atoms with E-state index in [-0.39, 0.29) is 39.9 Å². The van der Waals surface area contributed by atoms with Crippen LogP contribution in [0.2, 0.25) is 0 Å². The standard InChI is InChI=1S/C30H44O4/c1-18(31)25(32)12-11-19-13-20(26(33)23(14-19)29(5,6)7)15-21-16-22(28(2,3)4)17-24(27(21)34)30(8,9)10/h13-14,16-18,31,33-34H,11-12,15H2,1-10H3. The van der Waals surface area contributed by atoms with Crippen molar-refractivity contribution in [2.75, 3.05) is 0 Å². The number of ketones is 1. The highest BCUT2D eigenvalue weighted by Gasteiger charge is 2.27. The third-order valence-electron chi connectivity index (χ3n) is 6.43. The van der Waals surface area contributed by atoms with E-state index in [4.69, 9.17) is 0 Å². The summed E-state index contributed by atoms with van der Waals surface area (Å²) in [4.78, 5) is 12.0. The van der Waals surface area contributed by atoms with Crippen LogP contribution in [-0.2, 0) is 33.9 Å². The maximum absolute atomic E-state index is 12.0. The molecule has 0 amide bonds. The summed E-state index contributed by atoms with van der Waals surface area (Å²) in [7, 11) is 0. The number of hydrogen-bond donors (Lipinski definition) is 3. The first kappa shape index (κ1) is 27.9. The third kappa shape index (κ3) is 6.63. The summed E-state index contributed by atoms with van der Waals surface area (Å²) in [5.41, 5.74) is 4.67. The maximum Gasteiger partial charge on any atom is 0.161 e. The number of aromatic hydroxyl groups is 2. The Bertz CT molecular complexity index is 1040. The number of aliphatic hydroxyl groups is 1. The number of benzene rings is 2. The zero-order valence-corrected chi connectivity index (χ0v) is 22.8. The number of aryl methyl sites for hydroxylation is 1. The van der Waals surface area contributed by atoms with Crippen LogP contribution in [-0.4, -0.2) is 27.2 Å². The summed E-state index contributed by atoms with van der Waals surface area (Å²) >= 11 is 0. The van der Waals surface area contributed by atoms with Gasteiger partial charge in [-0.25, -0.2) is 0 Å². The molecular weight excluding hydrogens is 424 g/mol. The summed E-state index contributed by atoms with van der Waals surface area (Å²) in [6, 6.07) is 8.03. The van der Waals surface area contributed by atoms with Gasteiger partial charge in [0.15, 0.2) is 5.78 Å². The number of phenolic OH excluding ortho intramolecular Hbond substituents is 2. The summed E-state index contributed by atoms with van der Waals surface area (Å²) in [6.45, 7) is 20.4. The van der Waals surface area contributed by atoms with Gasteiger partial charge in [-0.2, -0.15) is 0 Å². The summed E-state index contributed by atoms with van der Waals surface area (Å²) in [5.74, 6) is 0.306. The molecule has 0 saturated carbocycles. The van der Waals surface area contributed by atoms with Gasteiger partial charge in [0.2, 0.25) is 0 Å². The van der Waals surface area contributed by atoms with Crippen molar-refractivity contribution in [2.24, 2.45) is 0 Å². The van der Waals surface area contributed by atoms with Crippen LogP contribution in [0.25, 0.3) is 0 Å². The lowest BCUT2D eigenvalue weighted by molar-refractivity contribution is -0.126. The fourth-order valence-electron chi connectivity index (χ4n) is 4.13. The van der Waals surface area contributed by atoms with Crippen LogP contribution < -0.4 is 0 Å². The Balaban J connectivity index is 2.65. The highest BCUT2D eigenvalue weighted by molar-refractivity contribution is 5.82. The molecule has 0 aromatic heterocycles. The molecule has 34 heavy (non-hydrogen) atoms. The Hall–Kier alpha value is -2.33. The van der Waals surface area contributed by atoms with E-state index in [1.165, 1.54) is 6.92 Å². The average Bonchev–Trinajstić information content (AvgIpc) is 2.66. The highest BCUT2D eigenvalue weighted by Crippen LogP contribution is 2.41. The molecule has 0 bridgehead atoms. The molecule has 1 unspecified atom stereocenters. The van der Waals surface area contributed by atoms with Crippen LogP contribution in [0.4, 0.5) is 0 Å². The van der Waals surface area contributed by atoms with Crippen LogP contribution in [0, 0.1) is 0 Å². The lowest BCUT2D eigenvalue weighted by Gasteiger charge is -2.28. The quantitative estimate of drug-likeness (QED) is 0.454. The van der Waals surface area contributed by atoms with Crippen LogP contribution >= 0.6 is 0 Å². The second-order valence-corrected chi connectivity index (χ2v) is 12.8. The van der Waals surface area contributed by atoms with Crippen molar-refractivity contribution in [3.63, 3.8) is 0 Å². The average molecular weight is 469 g/mol. The SMILES string of the molecule is CC(O)C(=O)CCc1cc(Cc2cc(C(C)(C)C)cc(C(C)(C)C)c2O)c(O)c(C(C)(C)C)c1. The van der Waals surface area contributed by atoms with Gasteiger partial charge in [0.25, 0.3) is 0 Å². The van der Waals surface area contributed by atoms with E-state index in [2.05, 4.69) is 47.6 Å². The van der Waals surface area contributed by atoms with Crippen LogP contribution in [0.15, 0.2) is 24.3 Å². The molecule has 2 aromatic rings. The molecule has 0 aliphatic rings. The largest absolute Gasteiger partial charge is 0.507 e. The molecule has 4 heteroatoms. The second kappa shape index (κ2) is 9.73. The monoisotopic (exact) mass is 468 g/mol. The van der Waals surface area contributed by atoms with Crippen molar-refractivity contribution in [1.29, 1.82) is 0 Å². The van der Waals surface area contributed by atoms with Gasteiger partial charge < -0.3 is 15.3 Å². The summed E-state index contributed by atoms with van der Waals surface area (Å²) < 4.78 is 0. The van der Waals surface area contributed by atoms with E-state index in [1.807, 2.05) is 39.0 Å². The summed E-state index contributed by atoms with van der Waals surface area (Å²) in [5, 5.41) is 32.1. The first-order chi connectivity index (χ1) is 15.3. The first-order valence-electron chi connectivity index (χ1n) is 12.2. The minimum absolute atomic E-state index is 0.0930. The molecule has 0 spiro atoms. The molecule has 0 heterocycles. The molecule has 2 aromatic carbocycles.